The number of rotatable bonds is 5. The van der Waals surface area contributed by atoms with Crippen molar-refractivity contribution in [2.75, 3.05) is 0 Å². The number of aliphatic carboxylic acids is 1. The van der Waals surface area contributed by atoms with Gasteiger partial charge in [-0.1, -0.05) is 19.1 Å². The number of nitrogens with one attached hydrogen (secondary N) is 1. The van der Waals surface area contributed by atoms with Crippen LogP contribution in [-0.2, 0) is 9.59 Å². The molecule has 1 amide bonds. The molecule has 3 saturated carbocycles. The minimum absolute atomic E-state index is 0. The largest absolute Gasteiger partial charge is 1.00 e. The molecule has 5 nitrogen and oxygen atoms in total. The van der Waals surface area contributed by atoms with Gasteiger partial charge in [0, 0.05) is 35.6 Å². The Labute approximate surface area is 206 Å². The van der Waals surface area contributed by atoms with Gasteiger partial charge in [-0.15, -0.1) is 0 Å². The predicted molar refractivity (Wildman–Crippen MR) is 115 cm³/mol. The number of benzene rings is 1. The zero-order valence-electron chi connectivity index (χ0n) is 19.6. The summed E-state index contributed by atoms with van der Waals surface area (Å²) in [6.07, 6.45) is 9.22. The van der Waals surface area contributed by atoms with Gasteiger partial charge < -0.3 is 16.4 Å². The third-order valence-electron chi connectivity index (χ3n) is 8.47. The maximum atomic E-state index is 13.4. The molecule has 5 aliphatic rings. The Morgan fingerprint density at radius 3 is 2.58 bits per heavy atom. The summed E-state index contributed by atoms with van der Waals surface area (Å²) < 4.78 is 0. The van der Waals surface area contributed by atoms with Gasteiger partial charge in [0.15, 0.2) is 0 Å². The molecule has 4 bridgehead atoms. The van der Waals surface area contributed by atoms with Crippen LogP contribution < -0.4 is 29.6 Å². The summed E-state index contributed by atoms with van der Waals surface area (Å²) in [4.78, 5) is 30.9. The van der Waals surface area contributed by atoms with Gasteiger partial charge in [0.2, 0.25) is 5.91 Å². The van der Waals surface area contributed by atoms with E-state index in [0.29, 0.717) is 31.1 Å². The molecule has 6 heteroatoms. The van der Waals surface area contributed by atoms with Crippen LogP contribution in [0.3, 0.4) is 0 Å². The third-order valence-corrected chi connectivity index (χ3v) is 8.47. The standard InChI is InChI=1S/C25H30N2O3.Na.H/c1-14(20-13-26-21-4-2-3-19(23(20)21)16-5-6-16)7-22(28)27-17-8-15-9-18(27)12-25(10-15,11-17)24(29)30;;/h2-4,13-18,26H,5-12H2,1H3,(H,29,30);;/q;+1;-1. The maximum Gasteiger partial charge on any atom is 1.00 e. The van der Waals surface area contributed by atoms with E-state index in [0.717, 1.165) is 19.3 Å². The molecule has 2 aromatic rings. The normalized spacial score (nSPS) is 32.2. The Morgan fingerprint density at radius 2 is 1.94 bits per heavy atom. The first-order chi connectivity index (χ1) is 14.4. The van der Waals surface area contributed by atoms with Crippen molar-refractivity contribution in [2.24, 2.45) is 11.3 Å². The number of aromatic amines is 1. The molecule has 3 unspecified atom stereocenters. The first-order valence-electron chi connectivity index (χ1n) is 11.6. The predicted octanol–water partition coefficient (Wildman–Crippen LogP) is 1.90. The fourth-order valence-corrected chi connectivity index (χ4v) is 7.14. The van der Waals surface area contributed by atoms with Gasteiger partial charge in [-0.25, -0.2) is 0 Å². The SMILES string of the molecule is CC(CC(=O)N1C2CC3CC1CC(C(=O)O)(C3)C2)c1c[nH]c2cccc(C3CC3)c12.[H-].[Na+]. The van der Waals surface area contributed by atoms with Crippen molar-refractivity contribution in [3.05, 3.63) is 35.5 Å². The Morgan fingerprint density at radius 1 is 1.23 bits per heavy atom. The maximum absolute atomic E-state index is 13.4. The number of carboxylic acids is 1. The molecule has 1 aromatic heterocycles. The quantitative estimate of drug-likeness (QED) is 0.712. The summed E-state index contributed by atoms with van der Waals surface area (Å²) in [6.45, 7) is 2.17. The van der Waals surface area contributed by atoms with Crippen LogP contribution in [0.25, 0.3) is 10.9 Å². The van der Waals surface area contributed by atoms with Crippen LogP contribution in [0.2, 0.25) is 0 Å². The number of amides is 1. The van der Waals surface area contributed by atoms with Crippen molar-refractivity contribution in [1.82, 2.24) is 9.88 Å². The topological polar surface area (TPSA) is 73.4 Å². The number of carboxylic acid groups (broad SMARTS) is 1. The molecule has 2 saturated heterocycles. The second-order valence-corrected chi connectivity index (χ2v) is 10.5. The summed E-state index contributed by atoms with van der Waals surface area (Å²) in [5.41, 5.74) is 3.29. The van der Waals surface area contributed by atoms with E-state index in [9.17, 15) is 14.7 Å². The Balaban J connectivity index is 0.00000122. The van der Waals surface area contributed by atoms with Crippen LogP contribution in [0, 0.1) is 11.3 Å². The second kappa shape index (κ2) is 7.64. The van der Waals surface area contributed by atoms with Crippen LogP contribution in [-0.4, -0.2) is 39.0 Å². The summed E-state index contributed by atoms with van der Waals surface area (Å²) in [5, 5.41) is 11.2. The summed E-state index contributed by atoms with van der Waals surface area (Å²) in [6, 6.07) is 6.75. The number of piperidine rings is 2. The van der Waals surface area contributed by atoms with E-state index < -0.39 is 11.4 Å². The molecule has 160 valence electrons. The van der Waals surface area contributed by atoms with E-state index in [1.54, 1.807) is 0 Å². The number of hydrogen-bond acceptors (Lipinski definition) is 2. The van der Waals surface area contributed by atoms with Crippen molar-refractivity contribution in [3.63, 3.8) is 0 Å². The van der Waals surface area contributed by atoms with Crippen LogP contribution in [0.5, 0.6) is 0 Å². The molecular weight excluding hydrogens is 399 g/mol. The van der Waals surface area contributed by atoms with Crippen LogP contribution in [0.4, 0.5) is 0 Å². The zero-order chi connectivity index (χ0) is 20.6. The number of H-pyrrole nitrogens is 1. The molecule has 1 aromatic carbocycles. The first-order valence-corrected chi connectivity index (χ1v) is 11.6. The van der Waals surface area contributed by atoms with E-state index in [4.69, 9.17) is 0 Å². The Bertz CT molecular complexity index is 1030. The van der Waals surface area contributed by atoms with Crippen LogP contribution in [0.15, 0.2) is 24.4 Å². The van der Waals surface area contributed by atoms with Gasteiger partial charge >= 0.3 is 35.5 Å². The third kappa shape index (κ3) is 3.39. The number of aromatic nitrogens is 1. The Kier molecular flexibility index (Phi) is 5.31. The molecule has 3 heterocycles. The monoisotopic (exact) mass is 430 g/mol. The van der Waals surface area contributed by atoms with E-state index in [1.807, 2.05) is 0 Å². The number of nitrogens with zero attached hydrogens (tertiary/aromatic N) is 1. The van der Waals surface area contributed by atoms with Crippen molar-refractivity contribution in [1.29, 1.82) is 0 Å². The summed E-state index contributed by atoms with van der Waals surface area (Å²) >= 11 is 0. The van der Waals surface area contributed by atoms with Crippen molar-refractivity contribution in [3.8, 4) is 0 Å². The van der Waals surface area contributed by atoms with Gasteiger partial charge in [0.05, 0.1) is 5.41 Å². The molecule has 7 rings (SSSR count). The molecule has 3 aliphatic carbocycles. The van der Waals surface area contributed by atoms with E-state index in [-0.39, 0.29) is 54.9 Å². The Hall–Kier alpha value is -1.30. The fourth-order valence-electron chi connectivity index (χ4n) is 7.14. The average Bonchev–Trinajstić information content (AvgIpc) is 3.44. The van der Waals surface area contributed by atoms with E-state index >= 15 is 0 Å². The van der Waals surface area contributed by atoms with Gasteiger partial charge in [0.25, 0.3) is 0 Å². The fraction of sp³-hybridized carbons (Fsp3) is 0.600. The van der Waals surface area contributed by atoms with E-state index in [1.165, 1.54) is 34.9 Å². The van der Waals surface area contributed by atoms with Crippen LogP contribution >= 0.6 is 0 Å². The number of carbonyl (C=O) groups excluding carboxylic acids is 1. The van der Waals surface area contributed by atoms with Gasteiger partial charge in [-0.2, -0.15) is 0 Å². The van der Waals surface area contributed by atoms with Crippen LogP contribution in [0.1, 0.15) is 82.7 Å². The minimum atomic E-state index is -0.645. The van der Waals surface area contributed by atoms with Gasteiger partial charge in [-0.05, 0) is 79.9 Å². The van der Waals surface area contributed by atoms with Gasteiger partial charge in [-0.3, -0.25) is 9.59 Å². The number of carbonyl (C=O) groups is 2. The van der Waals surface area contributed by atoms with Gasteiger partial charge in [0.1, 0.15) is 0 Å². The second-order valence-electron chi connectivity index (χ2n) is 10.5. The zero-order valence-corrected chi connectivity index (χ0v) is 20.6. The molecule has 3 atom stereocenters. The van der Waals surface area contributed by atoms with E-state index in [2.05, 4.69) is 41.2 Å². The first kappa shape index (κ1) is 21.5. The molecule has 2 N–H and O–H groups in total. The molecular formula is C25H31N2NaO3. The molecule has 5 fully saturated rings. The number of fused-ring (bicyclic) bond motifs is 1. The van der Waals surface area contributed by atoms with Crippen molar-refractivity contribution < 1.29 is 45.7 Å². The molecule has 2 aliphatic heterocycles. The summed E-state index contributed by atoms with van der Waals surface area (Å²) in [7, 11) is 0. The smallest absolute Gasteiger partial charge is 1.00 e. The van der Waals surface area contributed by atoms with Crippen molar-refractivity contribution >= 4 is 22.8 Å². The average molecular weight is 431 g/mol. The summed E-state index contributed by atoms with van der Waals surface area (Å²) in [5.74, 6) is 0.877. The molecule has 31 heavy (non-hydrogen) atoms. The molecule has 0 radical (unpaired) electrons. The minimum Gasteiger partial charge on any atom is -1.00 e. The number of hydrogen-bond donors (Lipinski definition) is 2. The molecule has 0 spiro atoms. The van der Waals surface area contributed by atoms with Crippen molar-refractivity contribution in [2.45, 2.75) is 82.2 Å².